The number of rotatable bonds is 6. The Morgan fingerprint density at radius 1 is 1.17 bits per heavy atom. The van der Waals surface area contributed by atoms with Gasteiger partial charge in [0.05, 0.1) is 12.5 Å². The minimum absolute atomic E-state index is 0.243. The van der Waals surface area contributed by atoms with E-state index in [0.717, 1.165) is 5.56 Å². The number of nitrogens with zero attached hydrogens (tertiary/aromatic N) is 1. The number of amides is 2. The highest BCUT2D eigenvalue weighted by Gasteiger charge is 2.23. The van der Waals surface area contributed by atoms with Gasteiger partial charge in [0.15, 0.2) is 5.69 Å². The van der Waals surface area contributed by atoms with Crippen LogP contribution in [0.15, 0.2) is 57.9 Å². The van der Waals surface area contributed by atoms with E-state index in [1.807, 2.05) is 30.3 Å². The van der Waals surface area contributed by atoms with E-state index in [1.54, 1.807) is 19.1 Å². The van der Waals surface area contributed by atoms with E-state index in [1.165, 1.54) is 17.8 Å². The van der Waals surface area contributed by atoms with Gasteiger partial charge < -0.3 is 29.8 Å². The summed E-state index contributed by atoms with van der Waals surface area (Å²) in [6.07, 6.45) is 0.995. The van der Waals surface area contributed by atoms with Crippen molar-refractivity contribution < 1.29 is 24.2 Å². The Hall–Kier alpha value is -4.01. The first-order valence-electron chi connectivity index (χ1n) is 9.10. The molecule has 2 heterocycles. The molecule has 30 heavy (non-hydrogen) atoms. The van der Waals surface area contributed by atoms with Crippen LogP contribution < -0.4 is 16.2 Å². The van der Waals surface area contributed by atoms with Gasteiger partial charge in [-0.3, -0.25) is 9.59 Å². The molecule has 9 nitrogen and oxygen atoms in total. The highest BCUT2D eigenvalue weighted by atomic mass is 16.4. The molecule has 0 fully saturated rings. The van der Waals surface area contributed by atoms with Crippen molar-refractivity contribution in [1.29, 1.82) is 0 Å². The molecule has 2 amide bonds. The van der Waals surface area contributed by atoms with Gasteiger partial charge in [0, 0.05) is 24.4 Å². The molecule has 0 unspecified atom stereocenters. The summed E-state index contributed by atoms with van der Waals surface area (Å²) >= 11 is 0. The summed E-state index contributed by atoms with van der Waals surface area (Å²) in [7, 11) is 1.49. The van der Waals surface area contributed by atoms with Crippen molar-refractivity contribution in [3.8, 4) is 17.1 Å². The largest absolute Gasteiger partial charge is 0.505 e. The minimum atomic E-state index is -1.15. The zero-order valence-electron chi connectivity index (χ0n) is 16.4. The van der Waals surface area contributed by atoms with Gasteiger partial charge in [-0.15, -0.1) is 0 Å². The number of aromatic nitrogens is 1. The molecule has 4 N–H and O–H groups in total. The van der Waals surface area contributed by atoms with Crippen molar-refractivity contribution in [2.45, 2.75) is 19.4 Å². The molecule has 1 atom stereocenters. The lowest BCUT2D eigenvalue weighted by Gasteiger charge is -2.16. The standard InChI is InChI=1S/C21H21N3O6/c1-12-11-24(2)20(28)18(19(12)27)23-21(29)22-14(10-17(25)26)16-9-8-15(30-16)13-6-4-3-5-7-13/h3-9,11,14,27H,10H2,1-2H3,(H,25,26)(H2,22,23,29)/t14-/m0/s1. The smallest absolute Gasteiger partial charge is 0.320 e. The van der Waals surface area contributed by atoms with Crippen LogP contribution in [-0.2, 0) is 11.8 Å². The zero-order valence-corrected chi connectivity index (χ0v) is 16.4. The molecule has 9 heteroatoms. The van der Waals surface area contributed by atoms with E-state index in [9.17, 15) is 24.6 Å². The quantitative estimate of drug-likeness (QED) is 0.493. The number of aliphatic carboxylic acids is 1. The average Bonchev–Trinajstić information content (AvgIpc) is 3.20. The zero-order chi connectivity index (χ0) is 21.8. The van der Waals surface area contributed by atoms with Crippen LogP contribution in [0.25, 0.3) is 11.3 Å². The lowest BCUT2D eigenvalue weighted by atomic mass is 10.1. The third-order valence-electron chi connectivity index (χ3n) is 4.48. The van der Waals surface area contributed by atoms with Crippen molar-refractivity contribution in [2.24, 2.45) is 7.05 Å². The van der Waals surface area contributed by atoms with Crippen LogP contribution in [0.5, 0.6) is 5.75 Å². The number of nitrogens with one attached hydrogen (secondary N) is 2. The van der Waals surface area contributed by atoms with Gasteiger partial charge in [0.2, 0.25) is 0 Å². The molecule has 0 saturated carbocycles. The van der Waals surface area contributed by atoms with Crippen LogP contribution in [0.4, 0.5) is 10.5 Å². The Bertz CT molecular complexity index is 1130. The number of carboxylic acid groups (broad SMARTS) is 1. The summed E-state index contributed by atoms with van der Waals surface area (Å²) in [5.74, 6) is -0.735. The van der Waals surface area contributed by atoms with Crippen molar-refractivity contribution in [2.75, 3.05) is 5.32 Å². The number of aromatic hydroxyl groups is 1. The van der Waals surface area contributed by atoms with Crippen molar-refractivity contribution >= 4 is 17.7 Å². The Morgan fingerprint density at radius 3 is 2.53 bits per heavy atom. The number of urea groups is 1. The lowest BCUT2D eigenvalue weighted by Crippen LogP contribution is -2.35. The lowest BCUT2D eigenvalue weighted by molar-refractivity contribution is -0.137. The van der Waals surface area contributed by atoms with Crippen LogP contribution in [0.2, 0.25) is 0 Å². The highest BCUT2D eigenvalue weighted by molar-refractivity contribution is 5.91. The molecule has 0 bridgehead atoms. The molecular weight excluding hydrogens is 390 g/mol. The Kier molecular flexibility index (Phi) is 5.91. The maximum Gasteiger partial charge on any atom is 0.320 e. The Balaban J connectivity index is 1.83. The van der Waals surface area contributed by atoms with E-state index >= 15 is 0 Å². The number of furan rings is 1. The highest BCUT2D eigenvalue weighted by Crippen LogP contribution is 2.27. The topological polar surface area (TPSA) is 134 Å². The number of carbonyl (C=O) groups is 2. The summed E-state index contributed by atoms with van der Waals surface area (Å²) in [6, 6.07) is 10.6. The molecule has 0 spiro atoms. The summed E-state index contributed by atoms with van der Waals surface area (Å²) < 4.78 is 6.97. The molecule has 0 radical (unpaired) electrons. The summed E-state index contributed by atoms with van der Waals surface area (Å²) in [4.78, 5) is 36.0. The molecule has 1 aromatic carbocycles. The molecule has 156 valence electrons. The molecule has 3 rings (SSSR count). The molecular formula is C21H21N3O6. The predicted octanol–water partition coefficient (Wildman–Crippen LogP) is 3.00. The van der Waals surface area contributed by atoms with Gasteiger partial charge in [-0.25, -0.2) is 4.79 Å². The Labute approximate surface area is 171 Å². The van der Waals surface area contributed by atoms with E-state index in [4.69, 9.17) is 4.42 Å². The fraction of sp³-hybridized carbons (Fsp3) is 0.190. The van der Waals surface area contributed by atoms with Crippen molar-refractivity contribution in [3.05, 3.63) is 70.3 Å². The summed E-state index contributed by atoms with van der Waals surface area (Å²) in [5, 5.41) is 24.1. The summed E-state index contributed by atoms with van der Waals surface area (Å²) in [6.45, 7) is 1.58. The van der Waals surface area contributed by atoms with Gasteiger partial charge in [0.1, 0.15) is 17.3 Å². The maximum absolute atomic E-state index is 12.5. The summed E-state index contributed by atoms with van der Waals surface area (Å²) in [5.41, 5.74) is 0.296. The van der Waals surface area contributed by atoms with Gasteiger partial charge in [0.25, 0.3) is 5.56 Å². The van der Waals surface area contributed by atoms with E-state index in [2.05, 4.69) is 10.6 Å². The second-order valence-electron chi connectivity index (χ2n) is 6.77. The van der Waals surface area contributed by atoms with E-state index in [-0.39, 0.29) is 17.2 Å². The number of hydrogen-bond acceptors (Lipinski definition) is 5. The third kappa shape index (κ3) is 4.52. The number of hydrogen-bond donors (Lipinski definition) is 4. The number of pyridine rings is 1. The van der Waals surface area contributed by atoms with E-state index < -0.39 is 30.0 Å². The van der Waals surface area contributed by atoms with Crippen molar-refractivity contribution in [3.63, 3.8) is 0 Å². The molecule has 0 aliphatic carbocycles. The van der Waals surface area contributed by atoms with Crippen LogP contribution in [0.3, 0.4) is 0 Å². The van der Waals surface area contributed by atoms with Crippen LogP contribution in [0, 0.1) is 6.92 Å². The average molecular weight is 411 g/mol. The van der Waals surface area contributed by atoms with E-state index in [0.29, 0.717) is 11.3 Å². The third-order valence-corrected chi connectivity index (χ3v) is 4.48. The molecule has 0 saturated heterocycles. The second-order valence-corrected chi connectivity index (χ2v) is 6.77. The first kappa shape index (κ1) is 20.7. The Morgan fingerprint density at radius 2 is 1.87 bits per heavy atom. The van der Waals surface area contributed by atoms with Crippen LogP contribution in [-0.4, -0.2) is 26.8 Å². The molecule has 0 aliphatic rings. The van der Waals surface area contributed by atoms with Crippen molar-refractivity contribution in [1.82, 2.24) is 9.88 Å². The number of aryl methyl sites for hydroxylation is 2. The predicted molar refractivity (Wildman–Crippen MR) is 109 cm³/mol. The number of benzene rings is 1. The van der Waals surface area contributed by atoms with Crippen LogP contribution in [0.1, 0.15) is 23.8 Å². The van der Waals surface area contributed by atoms with Gasteiger partial charge in [-0.2, -0.15) is 0 Å². The fourth-order valence-corrected chi connectivity index (χ4v) is 3.00. The maximum atomic E-state index is 12.5. The number of carboxylic acids is 1. The molecule has 3 aromatic rings. The molecule has 0 aliphatic heterocycles. The second kappa shape index (κ2) is 8.56. The normalized spacial score (nSPS) is 11.7. The van der Waals surface area contributed by atoms with Gasteiger partial charge >= 0.3 is 12.0 Å². The monoisotopic (exact) mass is 411 g/mol. The number of carbonyl (C=O) groups excluding carboxylic acids is 1. The fourth-order valence-electron chi connectivity index (χ4n) is 3.00. The first-order valence-corrected chi connectivity index (χ1v) is 9.10. The van der Waals surface area contributed by atoms with Crippen LogP contribution >= 0.6 is 0 Å². The number of anilines is 1. The van der Waals surface area contributed by atoms with Gasteiger partial charge in [-0.05, 0) is 19.1 Å². The first-order chi connectivity index (χ1) is 14.3. The minimum Gasteiger partial charge on any atom is -0.505 e. The SMILES string of the molecule is Cc1cn(C)c(=O)c(NC(=O)N[C@@H](CC(=O)O)c2ccc(-c3ccccc3)o2)c1O. The molecule has 2 aromatic heterocycles. The van der Waals surface area contributed by atoms with Gasteiger partial charge in [-0.1, -0.05) is 30.3 Å².